The van der Waals surface area contributed by atoms with Crippen LogP contribution in [-0.2, 0) is 22.0 Å². The third kappa shape index (κ3) is 4.24. The van der Waals surface area contributed by atoms with Gasteiger partial charge in [0, 0.05) is 0 Å². The van der Waals surface area contributed by atoms with Gasteiger partial charge in [-0.25, -0.2) is 9.69 Å². The number of para-hydroxylation sites is 1. The molecule has 3 atom stereocenters. The second kappa shape index (κ2) is 9.69. The summed E-state index contributed by atoms with van der Waals surface area (Å²) >= 11 is 5.80. The average Bonchev–Trinajstić information content (AvgIpc) is 2.83. The molecule has 1 aliphatic heterocycles. The summed E-state index contributed by atoms with van der Waals surface area (Å²) in [7, 11) is -2.04. The predicted octanol–water partition coefficient (Wildman–Crippen LogP) is 5.57. The van der Waals surface area contributed by atoms with E-state index < -0.39 is 20.5 Å². The molecule has 2 aromatic carbocycles. The van der Waals surface area contributed by atoms with Gasteiger partial charge in [-0.1, -0.05) is 69.3 Å². The molecule has 0 saturated carbocycles. The number of benzene rings is 2. The maximum absolute atomic E-state index is 13.7. The van der Waals surface area contributed by atoms with Crippen LogP contribution in [0.2, 0.25) is 18.1 Å². The minimum atomic E-state index is -2.04. The number of imide groups is 1. The number of nitrogens with zero attached hydrogens (tertiary/aromatic N) is 2. The summed E-state index contributed by atoms with van der Waals surface area (Å²) in [5.74, 6) is -0.275. The lowest BCUT2D eigenvalue weighted by atomic mass is 9.91. The van der Waals surface area contributed by atoms with E-state index in [9.17, 15) is 9.59 Å². The summed E-state index contributed by atoms with van der Waals surface area (Å²) in [4.78, 5) is 28.4. The summed E-state index contributed by atoms with van der Waals surface area (Å²) in [6, 6.07) is 21.0. The molecule has 1 heterocycles. The lowest BCUT2D eigenvalue weighted by Gasteiger charge is -2.52. The van der Waals surface area contributed by atoms with E-state index in [0.717, 1.165) is 23.7 Å². The third-order valence-corrected chi connectivity index (χ3v) is 11.9. The molecule has 0 aromatic heterocycles. The number of hydrogen-bond donors (Lipinski definition) is 0. The maximum Gasteiger partial charge on any atom is 0.413 e. The number of likely N-dealkylation sites (tertiary alicyclic amines) is 1. The Bertz CT molecular complexity index is 899. The van der Waals surface area contributed by atoms with Crippen molar-refractivity contribution in [3.63, 3.8) is 0 Å². The molecule has 3 amide bonds. The molecular weight excluding hydrogens is 424 g/mol. The maximum atomic E-state index is 13.7. The number of amides is 3. The fraction of sp³-hybridized carbons (Fsp3) is 0.417. The normalized spacial score (nSPS) is 20.8. The van der Waals surface area contributed by atoms with Crippen LogP contribution in [0.4, 0.5) is 10.5 Å². The van der Waals surface area contributed by atoms with Crippen LogP contribution in [0.5, 0.6) is 0 Å². The number of urea groups is 1. The predicted molar refractivity (Wildman–Crippen MR) is 130 cm³/mol. The standard InChI is InChI=1S/C24H32N2O3SSi/c1-5-26(30,20-17-13-10-14-18-20)24(28)25-21(19-15-11-9-12-16-19)22(23(25)27)29-31(6-2,7-3)8-4/h9-18,21-22H,5-8H2,1-4H3/t21-,22+,26?/m0/s1. The molecule has 1 unspecified atom stereocenters. The Morgan fingerprint density at radius 1 is 0.968 bits per heavy atom. The highest BCUT2D eigenvalue weighted by Crippen LogP contribution is 2.42. The fourth-order valence-corrected chi connectivity index (χ4v) is 7.28. The molecule has 0 bridgehead atoms. The van der Waals surface area contributed by atoms with Gasteiger partial charge >= 0.3 is 6.03 Å². The number of carbonyl (C=O) groups is 2. The van der Waals surface area contributed by atoms with Crippen LogP contribution in [0.1, 0.15) is 39.3 Å². The zero-order chi connectivity index (χ0) is 22.6. The Kier molecular flexibility index (Phi) is 7.42. The first-order valence-electron chi connectivity index (χ1n) is 11.1. The van der Waals surface area contributed by atoms with Gasteiger partial charge in [0.1, 0.15) is 11.7 Å². The van der Waals surface area contributed by atoms with Crippen LogP contribution in [0.25, 0.3) is 0 Å². The molecule has 7 heteroatoms. The van der Waals surface area contributed by atoms with Crippen molar-refractivity contribution in [3.05, 3.63) is 66.2 Å². The Balaban J connectivity index is 1.99. The zero-order valence-electron chi connectivity index (χ0n) is 18.8. The minimum Gasteiger partial charge on any atom is -0.477 e. The highest BCUT2D eigenvalue weighted by molar-refractivity contribution is 7.59. The van der Waals surface area contributed by atoms with Crippen molar-refractivity contribution in [1.29, 1.82) is 0 Å². The van der Waals surface area contributed by atoms with E-state index in [1.807, 2.05) is 67.6 Å². The van der Waals surface area contributed by atoms with Crippen molar-refractivity contribution in [1.82, 2.24) is 8.79 Å². The fourth-order valence-electron chi connectivity index (χ4n) is 4.31. The molecule has 0 aliphatic carbocycles. The van der Waals surface area contributed by atoms with Gasteiger partial charge in [-0.05, 0) is 42.8 Å². The van der Waals surface area contributed by atoms with Crippen LogP contribution >= 0.6 is 0 Å². The average molecular weight is 457 g/mol. The van der Waals surface area contributed by atoms with Crippen molar-refractivity contribution in [2.45, 2.75) is 58.0 Å². The van der Waals surface area contributed by atoms with Crippen molar-refractivity contribution in [3.8, 4) is 0 Å². The number of carbonyl (C=O) groups excluding carboxylic acids is 2. The molecule has 0 spiro atoms. The lowest BCUT2D eigenvalue weighted by molar-refractivity contribution is -0.158. The van der Waals surface area contributed by atoms with Gasteiger partial charge in [0.2, 0.25) is 0 Å². The van der Waals surface area contributed by atoms with Crippen molar-refractivity contribution >= 4 is 38.8 Å². The van der Waals surface area contributed by atoms with Crippen LogP contribution in [-0.4, -0.2) is 37.8 Å². The molecule has 31 heavy (non-hydrogen) atoms. The molecule has 5 nitrogen and oxygen atoms in total. The lowest BCUT2D eigenvalue weighted by Crippen LogP contribution is -2.70. The summed E-state index contributed by atoms with van der Waals surface area (Å²) in [6.07, 6.45) is -0.631. The van der Waals surface area contributed by atoms with Crippen LogP contribution in [0.15, 0.2) is 60.7 Å². The van der Waals surface area contributed by atoms with Gasteiger partial charge in [-0.15, -0.1) is 0 Å². The van der Waals surface area contributed by atoms with E-state index in [0.29, 0.717) is 12.2 Å². The molecule has 1 saturated heterocycles. The Labute approximate surface area is 192 Å². The zero-order valence-corrected chi connectivity index (χ0v) is 20.6. The van der Waals surface area contributed by atoms with Crippen molar-refractivity contribution in [2.75, 3.05) is 6.54 Å². The molecular formula is C24H32N2O3SSi. The van der Waals surface area contributed by atoms with E-state index >= 15 is 0 Å². The molecule has 2 aromatic rings. The van der Waals surface area contributed by atoms with Gasteiger partial charge in [0.25, 0.3) is 5.91 Å². The Morgan fingerprint density at radius 3 is 1.97 bits per heavy atom. The molecule has 0 N–H and O–H groups in total. The molecule has 0 radical (unpaired) electrons. The van der Waals surface area contributed by atoms with E-state index in [-0.39, 0.29) is 15.8 Å². The van der Waals surface area contributed by atoms with E-state index in [4.69, 9.17) is 17.2 Å². The summed E-state index contributed by atoms with van der Waals surface area (Å²) in [6.45, 7) is 8.66. The SMILES string of the molecule is CC[N+]([S-])(C(=O)N1C(=O)[C@H](O[Si](CC)(CC)CC)[C@@H]1c1ccccc1)c1ccccc1. The molecule has 1 aliphatic rings. The topological polar surface area (TPSA) is 46.6 Å². The second-order valence-corrected chi connectivity index (χ2v) is 13.4. The minimum absolute atomic E-state index is 0.275. The van der Waals surface area contributed by atoms with Crippen LogP contribution < -0.4 is 3.89 Å². The van der Waals surface area contributed by atoms with Crippen LogP contribution in [0, 0.1) is 0 Å². The Hall–Kier alpha value is -1.93. The quantitative estimate of drug-likeness (QED) is 0.225. The van der Waals surface area contributed by atoms with Gasteiger partial charge in [0.15, 0.2) is 14.4 Å². The number of β-lactam (4-membered cyclic amide) rings is 1. The molecule has 1 fully saturated rings. The highest BCUT2D eigenvalue weighted by Gasteiger charge is 2.57. The van der Waals surface area contributed by atoms with Crippen molar-refractivity contribution in [2.24, 2.45) is 0 Å². The van der Waals surface area contributed by atoms with Crippen LogP contribution in [0.3, 0.4) is 0 Å². The molecule has 3 rings (SSSR count). The first-order valence-corrected chi connectivity index (χ1v) is 14.0. The smallest absolute Gasteiger partial charge is 0.413 e. The summed E-state index contributed by atoms with van der Waals surface area (Å²) in [5, 5.41) is 0. The van der Waals surface area contributed by atoms with Gasteiger partial charge in [0.05, 0.1) is 6.54 Å². The number of hydrogen-bond acceptors (Lipinski definition) is 4. The summed E-state index contributed by atoms with van der Waals surface area (Å²) < 4.78 is 6.21. The Morgan fingerprint density at radius 2 is 1.48 bits per heavy atom. The van der Waals surface area contributed by atoms with E-state index in [1.54, 1.807) is 0 Å². The largest absolute Gasteiger partial charge is 0.477 e. The summed E-state index contributed by atoms with van der Waals surface area (Å²) in [5.41, 5.74) is 1.59. The second-order valence-electron chi connectivity index (χ2n) is 8.02. The van der Waals surface area contributed by atoms with Gasteiger partial charge in [-0.2, -0.15) is 0 Å². The van der Waals surface area contributed by atoms with Crippen molar-refractivity contribution < 1.29 is 14.0 Å². The number of rotatable bonds is 8. The van der Waals surface area contributed by atoms with Gasteiger partial charge < -0.3 is 21.1 Å². The van der Waals surface area contributed by atoms with E-state index in [1.165, 1.54) is 4.90 Å². The highest BCUT2D eigenvalue weighted by atomic mass is 32.1. The van der Waals surface area contributed by atoms with E-state index in [2.05, 4.69) is 20.8 Å². The first kappa shape index (κ1) is 23.7. The third-order valence-electron chi connectivity index (χ3n) is 6.63. The first-order chi connectivity index (χ1) is 14.9. The monoisotopic (exact) mass is 456 g/mol. The number of quaternary nitrogens is 1. The molecule has 166 valence electrons. The van der Waals surface area contributed by atoms with Gasteiger partial charge in [-0.3, -0.25) is 4.79 Å².